The number of nitrogens with zero attached hydrogens (tertiary/aromatic N) is 1. The van der Waals surface area contributed by atoms with E-state index in [-0.39, 0.29) is 18.2 Å². The van der Waals surface area contributed by atoms with E-state index in [9.17, 15) is 14.4 Å². The van der Waals surface area contributed by atoms with Gasteiger partial charge in [-0.2, -0.15) is 0 Å². The maximum Gasteiger partial charge on any atom is 0.305 e. The van der Waals surface area contributed by atoms with Crippen molar-refractivity contribution in [1.29, 1.82) is 0 Å². The summed E-state index contributed by atoms with van der Waals surface area (Å²) in [6.07, 6.45) is 2.29. The van der Waals surface area contributed by atoms with Crippen molar-refractivity contribution in [3.8, 4) is 0 Å². The Morgan fingerprint density at radius 3 is 1.89 bits per heavy atom. The minimum atomic E-state index is -0.940. The summed E-state index contributed by atoms with van der Waals surface area (Å²) < 4.78 is 0. The molecule has 0 rings (SSSR count). The summed E-state index contributed by atoms with van der Waals surface area (Å²) in [4.78, 5) is 32.9. The van der Waals surface area contributed by atoms with Gasteiger partial charge in [0.1, 0.15) is 0 Å². The summed E-state index contributed by atoms with van der Waals surface area (Å²) in [6, 6.07) is 0. The van der Waals surface area contributed by atoms with E-state index < -0.39 is 11.5 Å². The number of aliphatic carboxylic acids is 1. The van der Waals surface area contributed by atoms with E-state index in [1.165, 1.54) is 11.0 Å². The lowest BCUT2D eigenvalue weighted by Crippen LogP contribution is -2.44. The lowest BCUT2D eigenvalue weighted by molar-refractivity contribution is -0.138. The minimum Gasteiger partial charge on any atom is -0.481 e. The monoisotopic (exact) mass is 270 g/mol. The van der Waals surface area contributed by atoms with Crippen LogP contribution in [0.3, 0.4) is 0 Å². The molecule has 0 saturated heterocycles. The van der Waals surface area contributed by atoms with E-state index in [1.54, 1.807) is 27.9 Å². The topological polar surface area (TPSA) is 86.7 Å². The molecule has 0 bridgehead atoms. The van der Waals surface area contributed by atoms with Crippen molar-refractivity contribution in [2.24, 2.45) is 0 Å². The molecule has 0 atom stereocenters. The van der Waals surface area contributed by atoms with Crippen LogP contribution in [0.2, 0.25) is 0 Å². The zero-order valence-electron chi connectivity index (χ0n) is 11.9. The highest BCUT2D eigenvalue weighted by atomic mass is 16.4. The molecule has 6 nitrogen and oxygen atoms in total. The second kappa shape index (κ2) is 8.91. The van der Waals surface area contributed by atoms with Crippen LogP contribution < -0.4 is 5.32 Å². The second-order valence-electron chi connectivity index (χ2n) is 4.58. The molecule has 108 valence electrons. The first-order valence-corrected chi connectivity index (χ1v) is 5.55. The van der Waals surface area contributed by atoms with Gasteiger partial charge in [0.2, 0.25) is 11.8 Å². The Balaban J connectivity index is 0. The Labute approximate surface area is 113 Å². The van der Waals surface area contributed by atoms with Gasteiger partial charge in [-0.05, 0) is 26.0 Å². The molecular weight excluding hydrogens is 248 g/mol. The SMILES string of the molecule is C=CC(=O)N(C)C.C=CC(=O)NC(C)(C)CC(=O)O. The van der Waals surface area contributed by atoms with Crippen molar-refractivity contribution in [1.82, 2.24) is 10.2 Å². The number of hydrogen-bond donors (Lipinski definition) is 2. The van der Waals surface area contributed by atoms with Crippen molar-refractivity contribution in [3.05, 3.63) is 25.3 Å². The van der Waals surface area contributed by atoms with Crippen LogP contribution in [0, 0.1) is 0 Å². The second-order valence-corrected chi connectivity index (χ2v) is 4.58. The van der Waals surface area contributed by atoms with Crippen LogP contribution in [-0.2, 0) is 14.4 Å². The van der Waals surface area contributed by atoms with Gasteiger partial charge >= 0.3 is 5.97 Å². The Bertz CT molecular complexity index is 360. The third kappa shape index (κ3) is 12.1. The zero-order valence-corrected chi connectivity index (χ0v) is 11.9. The van der Waals surface area contributed by atoms with Crippen molar-refractivity contribution in [3.63, 3.8) is 0 Å². The van der Waals surface area contributed by atoms with Crippen LogP contribution in [0.15, 0.2) is 25.3 Å². The molecular formula is C13H22N2O4. The summed E-state index contributed by atoms with van der Waals surface area (Å²) in [5, 5.41) is 11.0. The zero-order chi connectivity index (χ0) is 15.6. The molecule has 0 heterocycles. The van der Waals surface area contributed by atoms with Gasteiger partial charge < -0.3 is 15.3 Å². The molecule has 0 aliphatic rings. The van der Waals surface area contributed by atoms with Gasteiger partial charge in [0.05, 0.1) is 6.42 Å². The molecule has 6 heteroatoms. The highest BCUT2D eigenvalue weighted by molar-refractivity contribution is 5.88. The van der Waals surface area contributed by atoms with E-state index in [4.69, 9.17) is 5.11 Å². The van der Waals surface area contributed by atoms with Crippen molar-refractivity contribution >= 4 is 17.8 Å². The Hall–Kier alpha value is -2.11. The fourth-order valence-electron chi connectivity index (χ4n) is 0.989. The minimum absolute atomic E-state index is 0.0556. The lowest BCUT2D eigenvalue weighted by atomic mass is 10.0. The van der Waals surface area contributed by atoms with Gasteiger partial charge in [-0.25, -0.2) is 0 Å². The van der Waals surface area contributed by atoms with Crippen LogP contribution in [0.5, 0.6) is 0 Å². The van der Waals surface area contributed by atoms with E-state index in [2.05, 4.69) is 18.5 Å². The number of carboxylic acids is 1. The molecule has 0 radical (unpaired) electrons. The first-order valence-electron chi connectivity index (χ1n) is 5.55. The number of rotatable bonds is 5. The molecule has 0 fully saturated rings. The summed E-state index contributed by atoms with van der Waals surface area (Å²) in [7, 11) is 3.37. The van der Waals surface area contributed by atoms with Crippen LogP contribution in [0.4, 0.5) is 0 Å². The number of hydrogen-bond acceptors (Lipinski definition) is 3. The van der Waals surface area contributed by atoms with Crippen LogP contribution in [0.1, 0.15) is 20.3 Å². The first-order chi connectivity index (χ1) is 8.55. The first kappa shape index (κ1) is 19.2. The molecule has 0 aliphatic carbocycles. The van der Waals surface area contributed by atoms with E-state index in [0.717, 1.165) is 6.08 Å². The third-order valence-corrected chi connectivity index (χ3v) is 1.86. The van der Waals surface area contributed by atoms with Crippen molar-refractivity contribution in [2.75, 3.05) is 14.1 Å². The van der Waals surface area contributed by atoms with E-state index >= 15 is 0 Å². The molecule has 2 amide bonds. The summed E-state index contributed by atoms with van der Waals surface area (Å²) in [5.41, 5.74) is -0.725. The maximum absolute atomic E-state index is 10.8. The normalized spacial score (nSPS) is 9.47. The molecule has 0 aromatic heterocycles. The molecule has 0 saturated carbocycles. The van der Waals surface area contributed by atoms with Gasteiger partial charge in [-0.15, -0.1) is 0 Å². The number of amides is 2. The fraction of sp³-hybridized carbons (Fsp3) is 0.462. The summed E-state index contributed by atoms with van der Waals surface area (Å²) in [6.45, 7) is 9.84. The van der Waals surface area contributed by atoms with Crippen LogP contribution >= 0.6 is 0 Å². The quantitative estimate of drug-likeness (QED) is 0.723. The number of likely N-dealkylation sites (N-methyl/N-ethyl adjacent to an activating group) is 1. The van der Waals surface area contributed by atoms with Crippen LogP contribution in [-0.4, -0.2) is 47.4 Å². The van der Waals surface area contributed by atoms with Gasteiger partial charge in [0.15, 0.2) is 0 Å². The average molecular weight is 270 g/mol. The molecule has 19 heavy (non-hydrogen) atoms. The maximum atomic E-state index is 10.8. The predicted octanol–water partition coefficient (Wildman–Crippen LogP) is 0.802. The molecule has 2 N–H and O–H groups in total. The van der Waals surface area contributed by atoms with Gasteiger partial charge in [0, 0.05) is 19.6 Å². The van der Waals surface area contributed by atoms with Gasteiger partial charge in [-0.1, -0.05) is 13.2 Å². The molecule has 0 spiro atoms. The summed E-state index contributed by atoms with van der Waals surface area (Å²) >= 11 is 0. The van der Waals surface area contributed by atoms with Gasteiger partial charge in [0.25, 0.3) is 0 Å². The largest absolute Gasteiger partial charge is 0.481 e. The lowest BCUT2D eigenvalue weighted by Gasteiger charge is -2.23. The number of nitrogens with one attached hydrogen (secondary N) is 1. The number of carbonyl (C=O) groups is 3. The smallest absolute Gasteiger partial charge is 0.305 e. The predicted molar refractivity (Wildman–Crippen MR) is 73.6 cm³/mol. The molecule has 0 unspecified atom stereocenters. The van der Waals surface area contributed by atoms with Crippen molar-refractivity contribution in [2.45, 2.75) is 25.8 Å². The van der Waals surface area contributed by atoms with Crippen molar-refractivity contribution < 1.29 is 19.5 Å². The van der Waals surface area contributed by atoms with E-state index in [1.807, 2.05) is 0 Å². The van der Waals surface area contributed by atoms with E-state index in [0.29, 0.717) is 0 Å². The number of carbonyl (C=O) groups excluding carboxylic acids is 2. The molecule has 0 aliphatic heterocycles. The standard InChI is InChI=1S/C8H13NO3.C5H9NO/c1-4-6(10)9-8(2,3)5-7(11)12;1-4-5(7)6(2)3/h4H,1,5H2,2-3H3,(H,9,10)(H,11,12);4H,1H2,2-3H3. The highest BCUT2D eigenvalue weighted by Gasteiger charge is 2.22. The average Bonchev–Trinajstić information content (AvgIpc) is 2.25. The molecule has 0 aromatic carbocycles. The fourth-order valence-corrected chi connectivity index (χ4v) is 0.989. The highest BCUT2D eigenvalue weighted by Crippen LogP contribution is 2.07. The molecule has 0 aromatic rings. The van der Waals surface area contributed by atoms with Gasteiger partial charge in [-0.3, -0.25) is 14.4 Å². The Morgan fingerprint density at radius 1 is 1.21 bits per heavy atom. The summed E-state index contributed by atoms with van der Waals surface area (Å²) in [5.74, 6) is -1.36. The van der Waals surface area contributed by atoms with Crippen LogP contribution in [0.25, 0.3) is 0 Å². The Kier molecular flexibility index (Phi) is 9.02. The number of carboxylic acid groups (broad SMARTS) is 1. The third-order valence-electron chi connectivity index (χ3n) is 1.86. The Morgan fingerprint density at radius 2 is 1.68 bits per heavy atom.